The number of ether oxygens (including phenoxy) is 2. The van der Waals surface area contributed by atoms with Gasteiger partial charge in [-0.15, -0.1) is 0 Å². The molecular weight excluding hydrogens is 480 g/mol. The van der Waals surface area contributed by atoms with E-state index in [9.17, 15) is 17.6 Å². The topological polar surface area (TPSA) is 42.8 Å². The van der Waals surface area contributed by atoms with Crippen LogP contribution in [0.25, 0.3) is 0 Å². The SMILES string of the molecule is COc1cc(/C=N/Nc2ccc(C(F)(F)F)cc2)cc(Br)c1OCc1cccc(F)c1. The van der Waals surface area contributed by atoms with Crippen LogP contribution >= 0.6 is 15.9 Å². The molecule has 0 unspecified atom stereocenters. The maximum Gasteiger partial charge on any atom is 0.416 e. The summed E-state index contributed by atoms with van der Waals surface area (Å²) in [5.41, 5.74) is 3.67. The van der Waals surface area contributed by atoms with Crippen LogP contribution in [-0.2, 0) is 12.8 Å². The second-order valence-electron chi connectivity index (χ2n) is 6.40. The molecule has 0 aromatic heterocycles. The van der Waals surface area contributed by atoms with Gasteiger partial charge in [0.1, 0.15) is 12.4 Å². The van der Waals surface area contributed by atoms with E-state index in [2.05, 4.69) is 26.5 Å². The Kier molecular flexibility index (Phi) is 7.17. The number of rotatable bonds is 7. The molecule has 0 atom stereocenters. The molecule has 3 aromatic rings. The van der Waals surface area contributed by atoms with Crippen LogP contribution in [0.5, 0.6) is 11.5 Å². The fourth-order valence-corrected chi connectivity index (χ4v) is 3.23. The largest absolute Gasteiger partial charge is 0.493 e. The third-order valence-corrected chi connectivity index (χ3v) is 4.73. The van der Waals surface area contributed by atoms with E-state index in [1.165, 1.54) is 37.6 Å². The Balaban J connectivity index is 1.69. The number of hydrazone groups is 1. The minimum absolute atomic E-state index is 0.148. The molecule has 3 aromatic carbocycles. The van der Waals surface area contributed by atoms with Gasteiger partial charge in [-0.2, -0.15) is 18.3 Å². The Hall–Kier alpha value is -3.07. The average molecular weight is 497 g/mol. The molecule has 4 nitrogen and oxygen atoms in total. The molecule has 0 saturated carbocycles. The molecule has 0 aliphatic heterocycles. The van der Waals surface area contributed by atoms with Crippen LogP contribution in [0.4, 0.5) is 23.2 Å². The van der Waals surface area contributed by atoms with Crippen LogP contribution in [0.15, 0.2) is 70.2 Å². The van der Waals surface area contributed by atoms with Gasteiger partial charge in [-0.25, -0.2) is 4.39 Å². The van der Waals surface area contributed by atoms with E-state index in [1.54, 1.807) is 24.3 Å². The molecule has 3 rings (SSSR count). The van der Waals surface area contributed by atoms with Crippen LogP contribution < -0.4 is 14.9 Å². The average Bonchev–Trinajstić information content (AvgIpc) is 2.72. The van der Waals surface area contributed by atoms with Gasteiger partial charge in [0.25, 0.3) is 0 Å². The molecule has 0 bridgehead atoms. The van der Waals surface area contributed by atoms with E-state index in [4.69, 9.17) is 9.47 Å². The summed E-state index contributed by atoms with van der Waals surface area (Å²) in [6.45, 7) is 0.148. The number of methoxy groups -OCH3 is 1. The Bertz CT molecular complexity index is 1070. The van der Waals surface area contributed by atoms with Crippen molar-refractivity contribution in [3.63, 3.8) is 0 Å². The third kappa shape index (κ3) is 6.21. The molecule has 162 valence electrons. The highest BCUT2D eigenvalue weighted by atomic mass is 79.9. The Labute approximate surface area is 184 Å². The van der Waals surface area contributed by atoms with Gasteiger partial charge < -0.3 is 9.47 Å². The van der Waals surface area contributed by atoms with Crippen LogP contribution in [0.2, 0.25) is 0 Å². The highest BCUT2D eigenvalue weighted by Crippen LogP contribution is 2.37. The van der Waals surface area contributed by atoms with Gasteiger partial charge >= 0.3 is 6.18 Å². The number of hydrogen-bond acceptors (Lipinski definition) is 4. The molecule has 0 amide bonds. The van der Waals surface area contributed by atoms with Crippen molar-refractivity contribution >= 4 is 27.8 Å². The summed E-state index contributed by atoms with van der Waals surface area (Å²) in [7, 11) is 1.48. The first kappa shape index (κ1) is 22.6. The van der Waals surface area contributed by atoms with Gasteiger partial charge in [0.05, 0.1) is 29.0 Å². The number of nitrogens with zero attached hydrogens (tertiary/aromatic N) is 1. The van der Waals surface area contributed by atoms with Gasteiger partial charge in [-0.1, -0.05) is 12.1 Å². The second kappa shape index (κ2) is 9.82. The van der Waals surface area contributed by atoms with E-state index >= 15 is 0 Å². The Morgan fingerprint density at radius 1 is 1.06 bits per heavy atom. The lowest BCUT2D eigenvalue weighted by atomic mass is 10.2. The molecule has 0 aliphatic carbocycles. The lowest BCUT2D eigenvalue weighted by molar-refractivity contribution is -0.137. The van der Waals surface area contributed by atoms with Crippen molar-refractivity contribution in [2.24, 2.45) is 5.10 Å². The standard InChI is InChI=1S/C22H17BrF4N2O2/c1-30-20-11-15(12-28-29-18-7-5-16(6-8-18)22(25,26)27)10-19(23)21(20)31-13-14-3-2-4-17(24)9-14/h2-12,29H,13H2,1H3/b28-12+. The number of hydrogen-bond donors (Lipinski definition) is 1. The lowest BCUT2D eigenvalue weighted by Crippen LogP contribution is -2.04. The monoisotopic (exact) mass is 496 g/mol. The normalized spacial score (nSPS) is 11.5. The number of benzene rings is 3. The molecule has 0 spiro atoms. The van der Waals surface area contributed by atoms with Crippen LogP contribution in [0.1, 0.15) is 16.7 Å². The predicted molar refractivity (Wildman–Crippen MR) is 114 cm³/mol. The summed E-state index contributed by atoms with van der Waals surface area (Å²) in [5, 5.41) is 4.04. The van der Waals surface area contributed by atoms with Crippen molar-refractivity contribution < 1.29 is 27.0 Å². The van der Waals surface area contributed by atoms with E-state index < -0.39 is 11.7 Å². The first-order valence-corrected chi connectivity index (χ1v) is 9.76. The number of alkyl halides is 3. The molecule has 0 saturated heterocycles. The summed E-state index contributed by atoms with van der Waals surface area (Å²) in [5.74, 6) is 0.528. The van der Waals surface area contributed by atoms with Crippen molar-refractivity contribution in [1.29, 1.82) is 0 Å². The summed E-state index contributed by atoms with van der Waals surface area (Å²) in [6.07, 6.45) is -2.90. The summed E-state index contributed by atoms with van der Waals surface area (Å²) >= 11 is 3.42. The fraction of sp³-hybridized carbons (Fsp3) is 0.136. The van der Waals surface area contributed by atoms with Crippen molar-refractivity contribution in [2.45, 2.75) is 12.8 Å². The molecular formula is C22H17BrF4N2O2. The third-order valence-electron chi connectivity index (χ3n) is 4.14. The highest BCUT2D eigenvalue weighted by Gasteiger charge is 2.29. The van der Waals surface area contributed by atoms with Gasteiger partial charge in [0.2, 0.25) is 0 Å². The van der Waals surface area contributed by atoms with E-state index in [-0.39, 0.29) is 12.4 Å². The lowest BCUT2D eigenvalue weighted by Gasteiger charge is -2.13. The van der Waals surface area contributed by atoms with Gasteiger partial charge in [-0.05, 0) is 75.6 Å². The van der Waals surface area contributed by atoms with Crippen LogP contribution in [0, 0.1) is 5.82 Å². The zero-order valence-electron chi connectivity index (χ0n) is 16.2. The van der Waals surface area contributed by atoms with Crippen LogP contribution in [-0.4, -0.2) is 13.3 Å². The Morgan fingerprint density at radius 3 is 2.45 bits per heavy atom. The first-order valence-electron chi connectivity index (χ1n) is 8.97. The van der Waals surface area contributed by atoms with Crippen molar-refractivity contribution in [3.05, 3.63) is 87.6 Å². The minimum atomic E-state index is -4.39. The highest BCUT2D eigenvalue weighted by molar-refractivity contribution is 9.10. The van der Waals surface area contributed by atoms with E-state index in [0.717, 1.165) is 12.1 Å². The number of anilines is 1. The minimum Gasteiger partial charge on any atom is -0.493 e. The van der Waals surface area contributed by atoms with Crippen molar-refractivity contribution in [3.8, 4) is 11.5 Å². The smallest absolute Gasteiger partial charge is 0.416 e. The summed E-state index contributed by atoms with van der Waals surface area (Å²) in [6, 6.07) is 14.0. The summed E-state index contributed by atoms with van der Waals surface area (Å²) in [4.78, 5) is 0. The maximum absolute atomic E-state index is 13.3. The molecule has 0 radical (unpaired) electrons. The molecule has 0 heterocycles. The fourth-order valence-electron chi connectivity index (χ4n) is 2.65. The predicted octanol–water partition coefficient (Wildman–Crippen LogP) is 6.64. The summed E-state index contributed by atoms with van der Waals surface area (Å²) < 4.78 is 62.9. The van der Waals surface area contributed by atoms with Crippen LogP contribution in [0.3, 0.4) is 0 Å². The zero-order valence-corrected chi connectivity index (χ0v) is 17.8. The molecule has 0 fully saturated rings. The van der Waals surface area contributed by atoms with E-state index in [1.807, 2.05) is 0 Å². The van der Waals surface area contributed by atoms with E-state index in [0.29, 0.717) is 32.8 Å². The molecule has 0 aliphatic rings. The quantitative estimate of drug-likeness (QED) is 0.226. The second-order valence-corrected chi connectivity index (χ2v) is 7.25. The molecule has 9 heteroatoms. The Morgan fingerprint density at radius 2 is 1.81 bits per heavy atom. The molecule has 31 heavy (non-hydrogen) atoms. The maximum atomic E-state index is 13.3. The van der Waals surface area contributed by atoms with Crippen molar-refractivity contribution in [2.75, 3.05) is 12.5 Å². The van der Waals surface area contributed by atoms with Gasteiger partial charge in [-0.3, -0.25) is 5.43 Å². The van der Waals surface area contributed by atoms with Gasteiger partial charge in [0.15, 0.2) is 11.5 Å². The number of nitrogens with one attached hydrogen (secondary N) is 1. The first-order chi connectivity index (χ1) is 14.8. The van der Waals surface area contributed by atoms with Gasteiger partial charge in [0, 0.05) is 0 Å². The van der Waals surface area contributed by atoms with Crippen molar-refractivity contribution in [1.82, 2.24) is 0 Å². The number of halogens is 5. The molecule has 1 N–H and O–H groups in total. The zero-order chi connectivity index (χ0) is 22.4.